The van der Waals surface area contributed by atoms with Crippen molar-refractivity contribution < 1.29 is 8.95 Å². The van der Waals surface area contributed by atoms with Crippen molar-refractivity contribution in [2.24, 2.45) is 0 Å². The van der Waals surface area contributed by atoms with Crippen molar-refractivity contribution in [1.82, 2.24) is 0 Å². The smallest absolute Gasteiger partial charge is 0.122 e. The molecule has 0 saturated heterocycles. The Hall–Kier alpha value is -2.49. The van der Waals surface area contributed by atoms with E-state index in [-0.39, 0.29) is 0 Å². The lowest BCUT2D eigenvalue weighted by Crippen LogP contribution is -1.95. The molecule has 0 heterocycles. The molecule has 4 heteroatoms. The van der Waals surface area contributed by atoms with Gasteiger partial charge in [0.05, 0.1) is 6.61 Å². The molecule has 3 aromatic rings. The standard InChI is InChI=1S/C17H18O.C8H9ClOS/c1-3-18-17-13-16(10-9-14(17)2)12-11-15-7-5-4-6-8-15;1-11(2,10)8-5-3-7(9)4-6-8/h4-13H,3H2,1-2H3;3-6H,1H2,2H3/b12-11+;. The summed E-state index contributed by atoms with van der Waals surface area (Å²) < 4.78 is 16.9. The fourth-order valence-electron chi connectivity index (χ4n) is 2.51. The second-order valence-corrected chi connectivity index (χ2v) is 9.58. The van der Waals surface area contributed by atoms with Crippen LogP contribution in [0.1, 0.15) is 23.6 Å². The number of halogens is 1. The minimum absolute atomic E-state index is 0.650. The van der Waals surface area contributed by atoms with Gasteiger partial charge in [-0.3, -0.25) is 4.21 Å². The minimum Gasteiger partial charge on any atom is -0.494 e. The van der Waals surface area contributed by atoms with Crippen LogP contribution in [-0.2, 0) is 9.52 Å². The molecule has 0 spiro atoms. The Labute approximate surface area is 179 Å². The zero-order chi connectivity index (χ0) is 21.3. The van der Waals surface area contributed by atoms with Crippen molar-refractivity contribution in [2.45, 2.75) is 18.7 Å². The first-order valence-corrected chi connectivity index (χ1v) is 11.9. The maximum atomic E-state index is 11.3. The van der Waals surface area contributed by atoms with Gasteiger partial charge in [0, 0.05) is 16.2 Å². The van der Waals surface area contributed by atoms with E-state index in [0.717, 1.165) is 16.2 Å². The summed E-state index contributed by atoms with van der Waals surface area (Å²) in [6.45, 7) is 4.77. The molecular formula is C25H27ClO2S. The van der Waals surface area contributed by atoms with Crippen molar-refractivity contribution in [2.75, 3.05) is 12.9 Å². The van der Waals surface area contributed by atoms with Crippen LogP contribution in [-0.4, -0.2) is 22.9 Å². The fourth-order valence-corrected chi connectivity index (χ4v) is 3.35. The van der Waals surface area contributed by atoms with Gasteiger partial charge >= 0.3 is 0 Å². The molecule has 29 heavy (non-hydrogen) atoms. The van der Waals surface area contributed by atoms with Crippen molar-refractivity contribution in [1.29, 1.82) is 0 Å². The maximum Gasteiger partial charge on any atom is 0.122 e. The van der Waals surface area contributed by atoms with Gasteiger partial charge in [0.15, 0.2) is 0 Å². The van der Waals surface area contributed by atoms with Crippen molar-refractivity contribution >= 4 is 39.1 Å². The van der Waals surface area contributed by atoms with E-state index in [1.54, 1.807) is 30.5 Å². The van der Waals surface area contributed by atoms with Crippen molar-refractivity contribution in [3.63, 3.8) is 0 Å². The minimum atomic E-state index is -2.08. The molecule has 0 aliphatic carbocycles. The molecule has 152 valence electrons. The zero-order valence-corrected chi connectivity index (χ0v) is 18.7. The van der Waals surface area contributed by atoms with E-state index in [0.29, 0.717) is 11.6 Å². The van der Waals surface area contributed by atoms with Crippen LogP contribution in [0.5, 0.6) is 5.75 Å². The lowest BCUT2D eigenvalue weighted by molar-refractivity contribution is 0.338. The molecule has 0 amide bonds. The van der Waals surface area contributed by atoms with E-state index in [1.807, 2.05) is 25.1 Å². The van der Waals surface area contributed by atoms with Crippen LogP contribution in [0, 0.1) is 6.92 Å². The molecule has 1 atom stereocenters. The van der Waals surface area contributed by atoms with Crippen LogP contribution < -0.4 is 4.74 Å². The summed E-state index contributed by atoms with van der Waals surface area (Å²) in [6, 6.07) is 23.5. The summed E-state index contributed by atoms with van der Waals surface area (Å²) in [4.78, 5) is 0.738. The molecule has 0 bridgehead atoms. The number of rotatable bonds is 5. The molecule has 0 N–H and O–H groups in total. The summed E-state index contributed by atoms with van der Waals surface area (Å²) in [5.41, 5.74) is 3.54. The van der Waals surface area contributed by atoms with Gasteiger partial charge in [-0.05, 0) is 76.3 Å². The molecule has 0 aliphatic rings. The van der Waals surface area contributed by atoms with E-state index in [9.17, 15) is 4.21 Å². The number of aryl methyl sites for hydroxylation is 1. The molecule has 3 rings (SSSR count). The van der Waals surface area contributed by atoms with Gasteiger partial charge in [-0.1, -0.05) is 66.2 Å². The summed E-state index contributed by atoms with van der Waals surface area (Å²) >= 11 is 5.65. The lowest BCUT2D eigenvalue weighted by atomic mass is 10.1. The second-order valence-electron chi connectivity index (χ2n) is 6.66. The Morgan fingerprint density at radius 1 is 0.966 bits per heavy atom. The molecule has 0 aromatic heterocycles. The monoisotopic (exact) mass is 426 g/mol. The molecule has 0 radical (unpaired) electrons. The highest BCUT2D eigenvalue weighted by Crippen LogP contribution is 2.21. The third-order valence-electron chi connectivity index (χ3n) is 4.09. The molecule has 3 aromatic carbocycles. The van der Waals surface area contributed by atoms with E-state index >= 15 is 0 Å². The van der Waals surface area contributed by atoms with Gasteiger partial charge in [-0.15, -0.1) is 0 Å². The fraction of sp³-hybridized carbons (Fsp3) is 0.160. The topological polar surface area (TPSA) is 26.3 Å². The quantitative estimate of drug-likeness (QED) is 0.339. The SMILES string of the molecule is C=S(C)(=O)c1ccc(Cl)cc1.CCOc1cc(/C=C/c2ccccc2)ccc1C. The van der Waals surface area contributed by atoms with Gasteiger partial charge in [-0.25, -0.2) is 0 Å². The average molecular weight is 427 g/mol. The molecule has 1 unspecified atom stereocenters. The van der Waals surface area contributed by atoms with Crippen molar-refractivity contribution in [3.8, 4) is 5.75 Å². The van der Waals surface area contributed by atoms with E-state index in [1.165, 1.54) is 11.1 Å². The normalized spacial score (nSPS) is 12.7. The van der Waals surface area contributed by atoms with Crippen LogP contribution in [0.4, 0.5) is 0 Å². The largest absolute Gasteiger partial charge is 0.494 e. The van der Waals surface area contributed by atoms with Crippen LogP contribution in [0.25, 0.3) is 12.2 Å². The van der Waals surface area contributed by atoms with Crippen LogP contribution in [0.15, 0.2) is 77.7 Å². The Balaban J connectivity index is 0.000000234. The Kier molecular flexibility index (Phi) is 8.56. The summed E-state index contributed by atoms with van der Waals surface area (Å²) in [7, 11) is -2.08. The zero-order valence-electron chi connectivity index (χ0n) is 17.1. The highest BCUT2D eigenvalue weighted by molar-refractivity contribution is 7.99. The van der Waals surface area contributed by atoms with Crippen LogP contribution >= 0.6 is 11.6 Å². The number of hydrogen-bond donors (Lipinski definition) is 0. The molecule has 0 aliphatic heterocycles. The van der Waals surface area contributed by atoms with Gasteiger partial charge in [0.2, 0.25) is 0 Å². The first-order chi connectivity index (χ1) is 13.8. The summed E-state index contributed by atoms with van der Waals surface area (Å²) in [5, 5.41) is 0.650. The summed E-state index contributed by atoms with van der Waals surface area (Å²) in [5.74, 6) is 4.52. The first-order valence-electron chi connectivity index (χ1n) is 9.34. The highest BCUT2D eigenvalue weighted by atomic mass is 35.5. The van der Waals surface area contributed by atoms with Gasteiger partial charge in [0.25, 0.3) is 0 Å². The number of benzene rings is 3. The average Bonchev–Trinajstić information content (AvgIpc) is 2.70. The van der Waals surface area contributed by atoms with E-state index in [2.05, 4.69) is 55.3 Å². The first kappa shape index (κ1) is 22.8. The van der Waals surface area contributed by atoms with Gasteiger partial charge < -0.3 is 4.74 Å². The third kappa shape index (κ3) is 7.80. The second kappa shape index (κ2) is 10.9. The number of hydrogen-bond acceptors (Lipinski definition) is 2. The lowest BCUT2D eigenvalue weighted by Gasteiger charge is -2.07. The Morgan fingerprint density at radius 2 is 1.59 bits per heavy atom. The predicted octanol–water partition coefficient (Wildman–Crippen LogP) is 6.61. The molecule has 0 fully saturated rings. The third-order valence-corrected chi connectivity index (χ3v) is 5.61. The molecule has 2 nitrogen and oxygen atoms in total. The van der Waals surface area contributed by atoms with Crippen molar-refractivity contribution in [3.05, 3.63) is 94.5 Å². The summed E-state index contributed by atoms with van der Waals surface area (Å²) in [6.07, 6.45) is 5.83. The predicted molar refractivity (Wildman–Crippen MR) is 129 cm³/mol. The van der Waals surface area contributed by atoms with Gasteiger partial charge in [-0.2, -0.15) is 0 Å². The highest BCUT2D eigenvalue weighted by Gasteiger charge is 1.99. The molecular weight excluding hydrogens is 400 g/mol. The van der Waals surface area contributed by atoms with Crippen LogP contribution in [0.2, 0.25) is 5.02 Å². The number of ether oxygens (including phenoxy) is 1. The van der Waals surface area contributed by atoms with E-state index in [4.69, 9.17) is 16.3 Å². The Morgan fingerprint density at radius 3 is 2.17 bits per heavy atom. The molecule has 0 saturated carbocycles. The Bertz CT molecular complexity index is 1040. The van der Waals surface area contributed by atoms with Crippen LogP contribution in [0.3, 0.4) is 0 Å². The van der Waals surface area contributed by atoms with E-state index < -0.39 is 9.52 Å². The van der Waals surface area contributed by atoms with Gasteiger partial charge in [0.1, 0.15) is 5.75 Å². The maximum absolute atomic E-state index is 11.3.